The van der Waals surface area contributed by atoms with Crippen molar-refractivity contribution in [3.63, 3.8) is 0 Å². The van der Waals surface area contributed by atoms with Gasteiger partial charge in [-0.3, -0.25) is 4.98 Å². The highest BCUT2D eigenvalue weighted by atomic mass is 16.5. The molecule has 6 rings (SSSR count). The molecule has 0 radical (unpaired) electrons. The number of aromatic nitrogens is 3. The molecule has 3 aromatic heterocycles. The summed E-state index contributed by atoms with van der Waals surface area (Å²) in [6, 6.07) is 14.3. The molecule has 9 nitrogen and oxygen atoms in total. The summed E-state index contributed by atoms with van der Waals surface area (Å²) in [5, 5.41) is 20.1. The Morgan fingerprint density at radius 3 is 2.55 bits per heavy atom. The Kier molecular flexibility index (Phi) is 4.00. The molecule has 1 aromatic carbocycles. The molecular weight excluding hydrogens is 422 g/mol. The summed E-state index contributed by atoms with van der Waals surface area (Å²) in [7, 11) is 0. The van der Waals surface area contributed by atoms with Gasteiger partial charge in [-0.05, 0) is 42.0 Å². The molecule has 0 saturated carbocycles. The van der Waals surface area contributed by atoms with Gasteiger partial charge in [-0.25, -0.2) is 15.0 Å². The number of pyridine rings is 3. The van der Waals surface area contributed by atoms with Gasteiger partial charge in [0.05, 0.1) is 11.9 Å². The standard InChI is InChI=1S/C24H17N5O4/c25-23-29-24(12-32-23)16-8-13(15-2-1-6-27-22(15)31)3-4-19(16)33-20-11-28-18(10-17(20)24)14-5-7-26-21(30)9-14/h1-11H,12H2,(H2,25,29)(H,26,30)(H,27,31). The summed E-state index contributed by atoms with van der Waals surface area (Å²) in [5.41, 5.74) is 9.11. The van der Waals surface area contributed by atoms with Gasteiger partial charge < -0.3 is 25.4 Å². The van der Waals surface area contributed by atoms with E-state index in [4.69, 9.17) is 20.2 Å². The lowest BCUT2D eigenvalue weighted by atomic mass is 9.80. The number of hydrogen-bond donors (Lipinski definition) is 3. The van der Waals surface area contributed by atoms with Crippen molar-refractivity contribution >= 4 is 6.02 Å². The van der Waals surface area contributed by atoms with Crippen molar-refractivity contribution in [1.82, 2.24) is 15.0 Å². The van der Waals surface area contributed by atoms with Crippen LogP contribution in [0.25, 0.3) is 22.4 Å². The number of hydrogen-bond acceptors (Lipinski definition) is 9. The van der Waals surface area contributed by atoms with Crippen LogP contribution >= 0.6 is 0 Å². The topological polar surface area (TPSA) is 136 Å². The number of fused-ring (bicyclic) bond motifs is 4. The average molecular weight is 439 g/mol. The lowest BCUT2D eigenvalue weighted by Crippen LogP contribution is -2.31. The van der Waals surface area contributed by atoms with Crippen LogP contribution < -0.4 is 10.5 Å². The van der Waals surface area contributed by atoms with Gasteiger partial charge in [-0.15, -0.1) is 0 Å². The van der Waals surface area contributed by atoms with Gasteiger partial charge in [-0.1, -0.05) is 6.07 Å². The molecule has 4 aromatic rings. The van der Waals surface area contributed by atoms with Crippen LogP contribution in [-0.2, 0) is 10.3 Å². The van der Waals surface area contributed by atoms with E-state index in [-0.39, 0.29) is 24.4 Å². The highest BCUT2D eigenvalue weighted by molar-refractivity contribution is 5.79. The minimum absolute atomic E-state index is 0.0710. The lowest BCUT2D eigenvalue weighted by Gasteiger charge is -2.33. The van der Waals surface area contributed by atoms with Crippen LogP contribution in [0, 0.1) is 0 Å². The van der Waals surface area contributed by atoms with Crippen molar-refractivity contribution in [1.29, 1.82) is 0 Å². The van der Waals surface area contributed by atoms with E-state index in [0.29, 0.717) is 28.3 Å². The fourth-order valence-electron chi connectivity index (χ4n) is 4.29. The first kappa shape index (κ1) is 19.1. The van der Waals surface area contributed by atoms with Crippen molar-refractivity contribution in [3.8, 4) is 45.6 Å². The van der Waals surface area contributed by atoms with Crippen molar-refractivity contribution in [3.05, 3.63) is 78.2 Å². The minimum atomic E-state index is -0.965. The van der Waals surface area contributed by atoms with Gasteiger partial charge in [0.25, 0.3) is 6.02 Å². The molecule has 0 aliphatic carbocycles. The molecule has 1 spiro atoms. The molecule has 5 heterocycles. The number of nitrogens with zero attached hydrogens (tertiary/aromatic N) is 4. The van der Waals surface area contributed by atoms with Crippen LogP contribution in [0.15, 0.2) is 72.1 Å². The lowest BCUT2D eigenvalue weighted by molar-refractivity contribution is 0.264. The second-order valence-corrected chi connectivity index (χ2v) is 7.75. The number of aromatic hydroxyl groups is 2. The van der Waals surface area contributed by atoms with Crippen LogP contribution in [0.3, 0.4) is 0 Å². The first-order chi connectivity index (χ1) is 16.0. The predicted molar refractivity (Wildman–Crippen MR) is 119 cm³/mol. The highest BCUT2D eigenvalue weighted by Crippen LogP contribution is 2.52. The summed E-state index contributed by atoms with van der Waals surface area (Å²) < 4.78 is 11.8. The van der Waals surface area contributed by atoms with E-state index in [1.54, 1.807) is 24.4 Å². The Bertz CT molecular complexity index is 1450. The van der Waals surface area contributed by atoms with Gasteiger partial charge in [0.15, 0.2) is 11.3 Å². The predicted octanol–water partition coefficient (Wildman–Crippen LogP) is 3.31. The summed E-state index contributed by atoms with van der Waals surface area (Å²) in [5.74, 6) is 0.949. The first-order valence-electron chi connectivity index (χ1n) is 10.1. The minimum Gasteiger partial charge on any atom is -0.493 e. The van der Waals surface area contributed by atoms with Gasteiger partial charge in [-0.2, -0.15) is 0 Å². The molecular formula is C24H17N5O4. The number of amidine groups is 1. The molecule has 0 saturated heterocycles. The van der Waals surface area contributed by atoms with Crippen molar-refractivity contribution in [2.45, 2.75) is 5.54 Å². The van der Waals surface area contributed by atoms with Crippen molar-refractivity contribution < 1.29 is 19.7 Å². The van der Waals surface area contributed by atoms with Crippen molar-refractivity contribution in [2.75, 3.05) is 6.61 Å². The second kappa shape index (κ2) is 6.92. The summed E-state index contributed by atoms with van der Waals surface area (Å²) in [6.07, 6.45) is 4.66. The van der Waals surface area contributed by atoms with E-state index in [1.165, 1.54) is 18.5 Å². The van der Waals surface area contributed by atoms with E-state index in [0.717, 1.165) is 16.7 Å². The third-order valence-corrected chi connectivity index (χ3v) is 5.83. The number of ether oxygens (including phenoxy) is 2. The van der Waals surface area contributed by atoms with Gasteiger partial charge in [0.1, 0.15) is 12.4 Å². The summed E-state index contributed by atoms with van der Waals surface area (Å²) >= 11 is 0. The Morgan fingerprint density at radius 2 is 1.76 bits per heavy atom. The molecule has 2 aliphatic heterocycles. The van der Waals surface area contributed by atoms with Crippen LogP contribution in [0.2, 0.25) is 0 Å². The zero-order valence-corrected chi connectivity index (χ0v) is 17.1. The Balaban J connectivity index is 1.56. The monoisotopic (exact) mass is 439 g/mol. The fourth-order valence-corrected chi connectivity index (χ4v) is 4.29. The van der Waals surface area contributed by atoms with E-state index in [1.807, 2.05) is 24.3 Å². The molecule has 33 heavy (non-hydrogen) atoms. The molecule has 0 bridgehead atoms. The maximum atomic E-state index is 10.3. The highest BCUT2D eigenvalue weighted by Gasteiger charge is 2.47. The number of rotatable bonds is 2. The smallest absolute Gasteiger partial charge is 0.283 e. The van der Waals surface area contributed by atoms with Crippen LogP contribution in [0.5, 0.6) is 23.3 Å². The summed E-state index contributed by atoms with van der Waals surface area (Å²) in [6.45, 7) is 0.176. The Labute approximate surface area is 187 Å². The van der Waals surface area contributed by atoms with Crippen molar-refractivity contribution in [2.24, 2.45) is 10.7 Å². The number of aliphatic imine (C=N–C) groups is 1. The quantitative estimate of drug-likeness (QED) is 0.433. The fraction of sp³-hybridized carbons (Fsp3) is 0.0833. The molecule has 4 N–H and O–H groups in total. The van der Waals surface area contributed by atoms with Gasteiger partial charge in [0.2, 0.25) is 11.8 Å². The molecule has 0 amide bonds. The molecule has 1 unspecified atom stereocenters. The molecule has 9 heteroatoms. The molecule has 162 valence electrons. The second-order valence-electron chi connectivity index (χ2n) is 7.75. The normalized spacial score (nSPS) is 18.1. The zero-order chi connectivity index (χ0) is 22.6. The van der Waals surface area contributed by atoms with Crippen LogP contribution in [0.4, 0.5) is 0 Å². The maximum Gasteiger partial charge on any atom is 0.283 e. The van der Waals surface area contributed by atoms with Gasteiger partial charge >= 0.3 is 0 Å². The zero-order valence-electron chi connectivity index (χ0n) is 17.1. The summed E-state index contributed by atoms with van der Waals surface area (Å²) in [4.78, 5) is 17.0. The number of nitrogens with two attached hydrogens (primary N) is 1. The third kappa shape index (κ3) is 2.93. The Hall–Kier alpha value is -4.66. The third-order valence-electron chi connectivity index (χ3n) is 5.83. The van der Waals surface area contributed by atoms with E-state index < -0.39 is 5.54 Å². The SMILES string of the molecule is NC1=NC2(CO1)c1cc(-c3cccnc3O)ccc1Oc1cnc(-c3ccnc(O)c3)cc12. The van der Waals surface area contributed by atoms with Crippen LogP contribution in [0.1, 0.15) is 11.1 Å². The largest absolute Gasteiger partial charge is 0.493 e. The number of benzene rings is 1. The molecule has 0 fully saturated rings. The maximum absolute atomic E-state index is 10.3. The molecule has 1 atom stereocenters. The van der Waals surface area contributed by atoms with Crippen LogP contribution in [-0.4, -0.2) is 37.8 Å². The first-order valence-corrected chi connectivity index (χ1v) is 10.1. The van der Waals surface area contributed by atoms with E-state index in [9.17, 15) is 10.2 Å². The average Bonchev–Trinajstić information content (AvgIpc) is 3.21. The van der Waals surface area contributed by atoms with E-state index >= 15 is 0 Å². The van der Waals surface area contributed by atoms with E-state index in [2.05, 4.69) is 15.0 Å². The van der Waals surface area contributed by atoms with Gasteiger partial charge in [0, 0.05) is 40.7 Å². The Morgan fingerprint density at radius 1 is 0.879 bits per heavy atom. The molecule has 2 aliphatic rings.